The molecule has 0 aromatic rings. The van der Waals surface area contributed by atoms with Crippen molar-refractivity contribution in [3.8, 4) is 0 Å². The molecule has 0 aromatic carbocycles. The summed E-state index contributed by atoms with van der Waals surface area (Å²) in [6, 6.07) is 0. The van der Waals surface area contributed by atoms with Crippen LogP contribution in [-0.2, 0) is 4.74 Å². The van der Waals surface area contributed by atoms with Crippen molar-refractivity contribution in [1.29, 1.82) is 0 Å². The van der Waals surface area contributed by atoms with E-state index in [1.165, 1.54) is 6.42 Å². The van der Waals surface area contributed by atoms with E-state index in [9.17, 15) is 0 Å². The summed E-state index contributed by atoms with van der Waals surface area (Å²) in [5.74, 6) is 0. The molecule has 2 unspecified atom stereocenters. The molecule has 1 fully saturated rings. The first-order valence-corrected chi connectivity index (χ1v) is 4.79. The third kappa shape index (κ3) is 4.04. The normalized spacial score (nSPS) is 27.0. The van der Waals surface area contributed by atoms with Crippen LogP contribution in [0.5, 0.6) is 0 Å². The number of piperidine rings is 1. The average Bonchev–Trinajstić information content (AvgIpc) is 2.05. The molecule has 3 nitrogen and oxygen atoms in total. The molecule has 3 heteroatoms. The van der Waals surface area contributed by atoms with E-state index in [0.29, 0.717) is 12.7 Å². The third-order valence-corrected chi connectivity index (χ3v) is 2.14. The van der Waals surface area contributed by atoms with Gasteiger partial charge in [-0.1, -0.05) is 0 Å². The van der Waals surface area contributed by atoms with Gasteiger partial charge in [-0.2, -0.15) is 0 Å². The van der Waals surface area contributed by atoms with E-state index in [-0.39, 0.29) is 6.10 Å². The highest BCUT2D eigenvalue weighted by atomic mass is 16.5. The summed E-state index contributed by atoms with van der Waals surface area (Å²) in [5, 5.41) is 12.3. The van der Waals surface area contributed by atoms with Gasteiger partial charge >= 0.3 is 0 Å². The van der Waals surface area contributed by atoms with E-state index in [1.54, 1.807) is 6.92 Å². The molecule has 0 bridgehead atoms. The molecule has 2 atom stereocenters. The van der Waals surface area contributed by atoms with Gasteiger partial charge in [-0.05, 0) is 32.7 Å². The minimum atomic E-state index is -0.235. The molecule has 1 aliphatic rings. The first kappa shape index (κ1) is 9.96. The summed E-state index contributed by atoms with van der Waals surface area (Å²) >= 11 is 0. The number of aliphatic hydroxyl groups is 1. The van der Waals surface area contributed by atoms with Gasteiger partial charge in [0.05, 0.1) is 12.2 Å². The fraction of sp³-hybridized carbons (Fsp3) is 1.00. The van der Waals surface area contributed by atoms with E-state index >= 15 is 0 Å². The molecule has 0 aliphatic carbocycles. The van der Waals surface area contributed by atoms with Crippen LogP contribution in [0.1, 0.15) is 26.2 Å². The second-order valence-corrected chi connectivity index (χ2v) is 3.48. The lowest BCUT2D eigenvalue weighted by Crippen LogP contribution is -2.35. The molecule has 0 radical (unpaired) electrons. The zero-order chi connectivity index (χ0) is 8.81. The molecule has 0 aromatic heterocycles. The number of ether oxygens (including phenoxy) is 1. The predicted molar refractivity (Wildman–Crippen MR) is 48.1 cm³/mol. The summed E-state index contributed by atoms with van der Waals surface area (Å²) in [5.41, 5.74) is 0. The van der Waals surface area contributed by atoms with Crippen LogP contribution in [-0.4, -0.2) is 37.0 Å². The number of hydrogen-bond donors (Lipinski definition) is 2. The van der Waals surface area contributed by atoms with Crippen molar-refractivity contribution in [3.05, 3.63) is 0 Å². The van der Waals surface area contributed by atoms with Crippen molar-refractivity contribution in [2.24, 2.45) is 0 Å². The number of nitrogens with one attached hydrogen (secondary N) is 1. The average molecular weight is 173 g/mol. The van der Waals surface area contributed by atoms with Crippen LogP contribution in [0.4, 0.5) is 0 Å². The van der Waals surface area contributed by atoms with E-state index in [1.807, 2.05) is 0 Å². The van der Waals surface area contributed by atoms with Gasteiger partial charge in [0.1, 0.15) is 0 Å². The van der Waals surface area contributed by atoms with Crippen LogP contribution < -0.4 is 5.32 Å². The summed E-state index contributed by atoms with van der Waals surface area (Å²) in [6.07, 6.45) is 3.25. The molecule has 72 valence electrons. The molecule has 0 amide bonds. The summed E-state index contributed by atoms with van der Waals surface area (Å²) in [7, 11) is 0. The number of aliphatic hydroxyl groups excluding tert-OH is 1. The van der Waals surface area contributed by atoms with Gasteiger partial charge in [-0.25, -0.2) is 0 Å². The minimum absolute atomic E-state index is 0.235. The van der Waals surface area contributed by atoms with Gasteiger partial charge in [-0.3, -0.25) is 0 Å². The second-order valence-electron chi connectivity index (χ2n) is 3.48. The molecule has 0 saturated carbocycles. The molecule has 1 aliphatic heterocycles. The van der Waals surface area contributed by atoms with Crippen molar-refractivity contribution in [2.45, 2.75) is 38.4 Å². The maximum Gasteiger partial charge on any atom is 0.0699 e. The number of rotatable bonds is 4. The van der Waals surface area contributed by atoms with Gasteiger partial charge in [0.15, 0.2) is 0 Å². The highest BCUT2D eigenvalue weighted by molar-refractivity contribution is 4.68. The molecule has 1 saturated heterocycles. The lowest BCUT2D eigenvalue weighted by Gasteiger charge is -2.23. The molecular formula is C9H19NO2. The Bertz CT molecular complexity index is 111. The Morgan fingerprint density at radius 2 is 2.50 bits per heavy atom. The third-order valence-electron chi connectivity index (χ3n) is 2.14. The maximum absolute atomic E-state index is 8.99. The van der Waals surface area contributed by atoms with Crippen LogP contribution >= 0.6 is 0 Å². The second kappa shape index (κ2) is 5.51. The van der Waals surface area contributed by atoms with Crippen molar-refractivity contribution >= 4 is 0 Å². The molecule has 2 N–H and O–H groups in total. The Labute approximate surface area is 74.1 Å². The molecule has 1 rings (SSSR count). The molecular weight excluding hydrogens is 154 g/mol. The largest absolute Gasteiger partial charge is 0.393 e. The first-order valence-electron chi connectivity index (χ1n) is 4.79. The van der Waals surface area contributed by atoms with Crippen molar-refractivity contribution in [1.82, 2.24) is 5.32 Å². The minimum Gasteiger partial charge on any atom is -0.393 e. The Hall–Kier alpha value is -0.120. The van der Waals surface area contributed by atoms with Gasteiger partial charge in [0.2, 0.25) is 0 Å². The monoisotopic (exact) mass is 173 g/mol. The Kier molecular flexibility index (Phi) is 4.58. The standard InChI is InChI=1S/C9H19NO2/c1-8(11)4-6-12-9-3-2-5-10-7-9/h8-11H,2-7H2,1H3. The Balaban J connectivity index is 1.98. The van der Waals surface area contributed by atoms with Crippen molar-refractivity contribution in [3.63, 3.8) is 0 Å². The van der Waals surface area contributed by atoms with Crippen LogP contribution in [0.25, 0.3) is 0 Å². The first-order chi connectivity index (χ1) is 5.79. The van der Waals surface area contributed by atoms with E-state index in [0.717, 1.165) is 25.9 Å². The van der Waals surface area contributed by atoms with Gasteiger partial charge in [0, 0.05) is 13.2 Å². The van der Waals surface area contributed by atoms with E-state index in [2.05, 4.69) is 5.32 Å². The van der Waals surface area contributed by atoms with Crippen LogP contribution in [0.3, 0.4) is 0 Å². The Morgan fingerprint density at radius 3 is 3.08 bits per heavy atom. The quantitative estimate of drug-likeness (QED) is 0.651. The van der Waals surface area contributed by atoms with Gasteiger partial charge in [0.25, 0.3) is 0 Å². The Morgan fingerprint density at radius 1 is 1.67 bits per heavy atom. The fourth-order valence-electron chi connectivity index (χ4n) is 1.37. The maximum atomic E-state index is 8.99. The molecule has 1 heterocycles. The molecule has 12 heavy (non-hydrogen) atoms. The SMILES string of the molecule is CC(O)CCOC1CCCNC1. The van der Waals surface area contributed by atoms with Crippen molar-refractivity contribution < 1.29 is 9.84 Å². The highest BCUT2D eigenvalue weighted by Gasteiger charge is 2.12. The van der Waals surface area contributed by atoms with Gasteiger partial charge in [-0.15, -0.1) is 0 Å². The molecule has 0 spiro atoms. The number of hydrogen-bond acceptors (Lipinski definition) is 3. The lowest BCUT2D eigenvalue weighted by molar-refractivity contribution is 0.0191. The summed E-state index contributed by atoms with van der Waals surface area (Å²) in [4.78, 5) is 0. The van der Waals surface area contributed by atoms with Crippen LogP contribution in [0.2, 0.25) is 0 Å². The smallest absolute Gasteiger partial charge is 0.0699 e. The zero-order valence-electron chi connectivity index (χ0n) is 7.75. The van der Waals surface area contributed by atoms with E-state index in [4.69, 9.17) is 9.84 Å². The lowest BCUT2D eigenvalue weighted by atomic mass is 10.1. The van der Waals surface area contributed by atoms with E-state index < -0.39 is 0 Å². The summed E-state index contributed by atoms with van der Waals surface area (Å²) < 4.78 is 5.57. The van der Waals surface area contributed by atoms with Crippen LogP contribution in [0.15, 0.2) is 0 Å². The highest BCUT2D eigenvalue weighted by Crippen LogP contribution is 2.06. The zero-order valence-corrected chi connectivity index (χ0v) is 7.75. The van der Waals surface area contributed by atoms with Gasteiger partial charge < -0.3 is 15.2 Å². The topological polar surface area (TPSA) is 41.5 Å². The fourth-order valence-corrected chi connectivity index (χ4v) is 1.37. The van der Waals surface area contributed by atoms with Crippen LogP contribution in [0, 0.1) is 0 Å². The summed E-state index contributed by atoms with van der Waals surface area (Å²) in [6.45, 7) is 4.57. The van der Waals surface area contributed by atoms with Crippen molar-refractivity contribution in [2.75, 3.05) is 19.7 Å². The predicted octanol–water partition coefficient (Wildman–Crippen LogP) is 0.526.